The van der Waals surface area contributed by atoms with Crippen molar-refractivity contribution >= 4 is 11.9 Å². The van der Waals surface area contributed by atoms with Gasteiger partial charge in [-0.05, 0) is 18.9 Å². The summed E-state index contributed by atoms with van der Waals surface area (Å²) in [7, 11) is 1.54. The predicted octanol–water partition coefficient (Wildman–Crippen LogP) is 0.720. The van der Waals surface area contributed by atoms with Crippen molar-refractivity contribution in [3.8, 4) is 5.88 Å². The fourth-order valence-corrected chi connectivity index (χ4v) is 3.04. The highest BCUT2D eigenvalue weighted by molar-refractivity contribution is 5.94. The van der Waals surface area contributed by atoms with E-state index in [0.29, 0.717) is 24.5 Å². The molecule has 3 heterocycles. The molecule has 7 heteroatoms. The second-order valence-corrected chi connectivity index (χ2v) is 5.56. The van der Waals surface area contributed by atoms with Gasteiger partial charge in [0.15, 0.2) is 0 Å². The molecule has 1 N–H and O–H groups in total. The number of likely N-dealkylation sites (tertiary alicyclic amines) is 1. The highest BCUT2D eigenvalue weighted by Crippen LogP contribution is 2.19. The standard InChI is InChI=1S/C15H20N4O3/c1-22-13-5-4-11(9-17-13)14(20)18-7-2-3-12(10-18)19-8-6-16-15(19)21/h4-5,9,12H,2-3,6-8,10H2,1H3,(H,16,21)/t12-/m1/s1. The van der Waals surface area contributed by atoms with Crippen LogP contribution in [-0.2, 0) is 0 Å². The molecule has 0 bridgehead atoms. The number of hydrogen-bond donors (Lipinski definition) is 1. The number of aromatic nitrogens is 1. The molecular formula is C15H20N4O3. The molecule has 3 rings (SSSR count). The fourth-order valence-electron chi connectivity index (χ4n) is 3.04. The second-order valence-electron chi connectivity index (χ2n) is 5.56. The summed E-state index contributed by atoms with van der Waals surface area (Å²) in [4.78, 5) is 32.1. The molecule has 2 fully saturated rings. The third-order valence-electron chi connectivity index (χ3n) is 4.21. The molecule has 2 saturated heterocycles. The number of carbonyl (C=O) groups excluding carboxylic acids is 2. The number of urea groups is 1. The Labute approximate surface area is 129 Å². The van der Waals surface area contributed by atoms with Crippen LogP contribution in [0.15, 0.2) is 18.3 Å². The van der Waals surface area contributed by atoms with Crippen molar-refractivity contribution in [3.63, 3.8) is 0 Å². The molecule has 1 atom stereocenters. The van der Waals surface area contributed by atoms with Crippen LogP contribution in [0, 0.1) is 0 Å². The number of pyridine rings is 1. The Morgan fingerprint density at radius 3 is 2.91 bits per heavy atom. The number of amides is 3. The first-order chi connectivity index (χ1) is 10.7. The van der Waals surface area contributed by atoms with Crippen LogP contribution in [-0.4, -0.2) is 66.1 Å². The van der Waals surface area contributed by atoms with Crippen LogP contribution in [0.5, 0.6) is 5.88 Å². The molecule has 2 aliphatic heterocycles. The van der Waals surface area contributed by atoms with E-state index in [9.17, 15) is 9.59 Å². The summed E-state index contributed by atoms with van der Waals surface area (Å²) < 4.78 is 5.00. The van der Waals surface area contributed by atoms with Gasteiger partial charge in [0.25, 0.3) is 5.91 Å². The number of hydrogen-bond acceptors (Lipinski definition) is 4. The lowest BCUT2D eigenvalue weighted by atomic mass is 10.0. The smallest absolute Gasteiger partial charge is 0.317 e. The zero-order valence-corrected chi connectivity index (χ0v) is 12.6. The van der Waals surface area contributed by atoms with Gasteiger partial charge in [0, 0.05) is 38.4 Å². The second kappa shape index (κ2) is 6.21. The number of nitrogens with one attached hydrogen (secondary N) is 1. The third kappa shape index (κ3) is 2.84. The van der Waals surface area contributed by atoms with Crippen molar-refractivity contribution < 1.29 is 14.3 Å². The average molecular weight is 304 g/mol. The van der Waals surface area contributed by atoms with Gasteiger partial charge in [0.05, 0.1) is 18.7 Å². The van der Waals surface area contributed by atoms with Crippen LogP contribution in [0.4, 0.5) is 4.79 Å². The molecule has 0 radical (unpaired) electrons. The maximum absolute atomic E-state index is 12.6. The van der Waals surface area contributed by atoms with Crippen molar-refractivity contribution in [2.24, 2.45) is 0 Å². The summed E-state index contributed by atoms with van der Waals surface area (Å²) in [5, 5.41) is 2.81. The van der Waals surface area contributed by atoms with Gasteiger partial charge in [0.1, 0.15) is 0 Å². The Balaban J connectivity index is 1.68. The molecule has 1 aromatic rings. The van der Waals surface area contributed by atoms with Crippen molar-refractivity contribution in [2.75, 3.05) is 33.3 Å². The van der Waals surface area contributed by atoms with Gasteiger partial charge in [-0.1, -0.05) is 0 Å². The maximum atomic E-state index is 12.6. The van der Waals surface area contributed by atoms with E-state index in [-0.39, 0.29) is 18.0 Å². The molecule has 1 aromatic heterocycles. The van der Waals surface area contributed by atoms with Crippen LogP contribution < -0.4 is 10.1 Å². The van der Waals surface area contributed by atoms with Crippen LogP contribution in [0.1, 0.15) is 23.2 Å². The lowest BCUT2D eigenvalue weighted by molar-refractivity contribution is 0.0634. The minimum Gasteiger partial charge on any atom is -0.481 e. The molecule has 2 aliphatic rings. The van der Waals surface area contributed by atoms with Crippen LogP contribution in [0.2, 0.25) is 0 Å². The zero-order valence-electron chi connectivity index (χ0n) is 12.6. The molecule has 0 saturated carbocycles. The van der Waals surface area contributed by atoms with Gasteiger partial charge in [0.2, 0.25) is 5.88 Å². The maximum Gasteiger partial charge on any atom is 0.317 e. The van der Waals surface area contributed by atoms with Crippen molar-refractivity contribution in [3.05, 3.63) is 23.9 Å². The summed E-state index contributed by atoms with van der Waals surface area (Å²) in [5.74, 6) is 0.446. The van der Waals surface area contributed by atoms with Gasteiger partial charge in [-0.25, -0.2) is 9.78 Å². The Kier molecular flexibility index (Phi) is 4.13. The number of methoxy groups -OCH3 is 1. The van der Waals surface area contributed by atoms with Gasteiger partial charge in [-0.15, -0.1) is 0 Å². The highest BCUT2D eigenvalue weighted by Gasteiger charge is 2.33. The van der Waals surface area contributed by atoms with Crippen molar-refractivity contribution in [2.45, 2.75) is 18.9 Å². The first kappa shape index (κ1) is 14.6. The molecule has 0 aliphatic carbocycles. The summed E-state index contributed by atoms with van der Waals surface area (Å²) in [5.41, 5.74) is 0.548. The first-order valence-corrected chi connectivity index (χ1v) is 7.53. The molecule has 0 unspecified atom stereocenters. The van der Waals surface area contributed by atoms with Crippen LogP contribution in [0.3, 0.4) is 0 Å². The van der Waals surface area contributed by atoms with Gasteiger partial charge < -0.3 is 19.9 Å². The van der Waals surface area contributed by atoms with Gasteiger partial charge in [-0.3, -0.25) is 4.79 Å². The van der Waals surface area contributed by atoms with E-state index in [2.05, 4.69) is 10.3 Å². The van der Waals surface area contributed by atoms with E-state index in [4.69, 9.17) is 4.74 Å². The number of nitrogens with zero attached hydrogens (tertiary/aromatic N) is 3. The molecule has 118 valence electrons. The van der Waals surface area contributed by atoms with E-state index in [1.807, 2.05) is 9.80 Å². The summed E-state index contributed by atoms with van der Waals surface area (Å²) in [6.45, 7) is 2.70. The lowest BCUT2D eigenvalue weighted by Crippen LogP contribution is -2.50. The third-order valence-corrected chi connectivity index (χ3v) is 4.21. The van der Waals surface area contributed by atoms with Crippen LogP contribution >= 0.6 is 0 Å². The first-order valence-electron chi connectivity index (χ1n) is 7.53. The molecule has 3 amide bonds. The van der Waals surface area contributed by atoms with E-state index in [0.717, 1.165) is 25.9 Å². The fraction of sp³-hybridized carbons (Fsp3) is 0.533. The quantitative estimate of drug-likeness (QED) is 0.893. The molecule has 0 spiro atoms. The molecule has 7 nitrogen and oxygen atoms in total. The Bertz CT molecular complexity index is 560. The number of piperidine rings is 1. The van der Waals surface area contributed by atoms with Crippen molar-refractivity contribution in [1.29, 1.82) is 0 Å². The van der Waals surface area contributed by atoms with E-state index < -0.39 is 0 Å². The minimum absolute atomic E-state index is 0.0228. The van der Waals surface area contributed by atoms with Gasteiger partial charge in [-0.2, -0.15) is 0 Å². The molecular weight excluding hydrogens is 284 g/mol. The number of rotatable bonds is 3. The Morgan fingerprint density at radius 1 is 1.41 bits per heavy atom. The number of ether oxygens (including phenoxy) is 1. The summed E-state index contributed by atoms with van der Waals surface area (Å²) in [6, 6.07) is 3.49. The highest BCUT2D eigenvalue weighted by atomic mass is 16.5. The molecule has 22 heavy (non-hydrogen) atoms. The number of carbonyl (C=O) groups is 2. The van der Waals surface area contributed by atoms with Crippen molar-refractivity contribution in [1.82, 2.24) is 20.1 Å². The Hall–Kier alpha value is -2.31. The lowest BCUT2D eigenvalue weighted by Gasteiger charge is -2.37. The SMILES string of the molecule is COc1ccc(C(=O)N2CCC[C@@H](N3CCNC3=O)C2)cn1. The summed E-state index contributed by atoms with van der Waals surface area (Å²) >= 11 is 0. The zero-order chi connectivity index (χ0) is 15.5. The predicted molar refractivity (Wildman–Crippen MR) is 79.8 cm³/mol. The normalized spacial score (nSPS) is 21.7. The van der Waals surface area contributed by atoms with E-state index in [1.165, 1.54) is 6.20 Å². The Morgan fingerprint density at radius 2 is 2.27 bits per heavy atom. The molecule has 0 aromatic carbocycles. The monoisotopic (exact) mass is 304 g/mol. The summed E-state index contributed by atoms with van der Waals surface area (Å²) in [6.07, 6.45) is 3.38. The van der Waals surface area contributed by atoms with Gasteiger partial charge >= 0.3 is 6.03 Å². The minimum atomic E-state index is -0.0422. The van der Waals surface area contributed by atoms with E-state index >= 15 is 0 Å². The topological polar surface area (TPSA) is 74.8 Å². The average Bonchev–Trinajstić information content (AvgIpc) is 3.00. The largest absolute Gasteiger partial charge is 0.481 e. The van der Waals surface area contributed by atoms with E-state index in [1.54, 1.807) is 19.2 Å². The van der Waals surface area contributed by atoms with Crippen LogP contribution in [0.25, 0.3) is 0 Å².